The van der Waals surface area contributed by atoms with Gasteiger partial charge < -0.3 is 0 Å². The predicted molar refractivity (Wildman–Crippen MR) is 89.5 cm³/mol. The number of quaternary nitrogens is 1. The van der Waals surface area contributed by atoms with Crippen LogP contribution in [0.4, 0.5) is 5.69 Å². The fraction of sp³-hybridized carbons (Fsp3) is 0.316. The van der Waals surface area contributed by atoms with Crippen molar-refractivity contribution in [2.75, 3.05) is 21.1 Å². The second-order valence-electron chi connectivity index (χ2n) is 6.38. The molecule has 0 spiro atoms. The fourth-order valence-corrected chi connectivity index (χ4v) is 2.31. The number of carbonyl (C=O) groups excluding carboxylic acids is 1. The summed E-state index contributed by atoms with van der Waals surface area (Å²) < 4.78 is 0.794. The minimum absolute atomic E-state index is 0.303. The van der Waals surface area contributed by atoms with Crippen molar-refractivity contribution in [2.24, 2.45) is 0 Å². The number of carbonyl (C=O) groups is 1. The van der Waals surface area contributed by atoms with Crippen LogP contribution in [0.2, 0.25) is 0 Å². The van der Waals surface area contributed by atoms with E-state index in [1.807, 2.05) is 18.2 Å². The van der Waals surface area contributed by atoms with Crippen LogP contribution in [0.5, 0.6) is 0 Å². The van der Waals surface area contributed by atoms with Crippen LogP contribution < -0.4 is 4.48 Å². The Hall–Kier alpha value is -1.93. The Labute approximate surface area is 127 Å². The largest absolute Gasteiger partial charge is 0.299 e. The summed E-state index contributed by atoms with van der Waals surface area (Å²) in [5.74, 6) is 0.303. The molecule has 2 rings (SSSR count). The zero-order valence-electron chi connectivity index (χ0n) is 13.2. The molecule has 0 N–H and O–H groups in total. The van der Waals surface area contributed by atoms with Crippen LogP contribution >= 0.6 is 0 Å². The van der Waals surface area contributed by atoms with Gasteiger partial charge in [0.05, 0.1) is 21.1 Å². The summed E-state index contributed by atoms with van der Waals surface area (Å²) in [6.07, 6.45) is 1.97. The highest BCUT2D eigenvalue weighted by atomic mass is 16.1. The Morgan fingerprint density at radius 2 is 1.48 bits per heavy atom. The molecule has 2 aromatic carbocycles. The van der Waals surface area contributed by atoms with Crippen molar-refractivity contribution in [3.8, 4) is 0 Å². The Morgan fingerprint density at radius 3 is 2.05 bits per heavy atom. The maximum Gasteiger partial charge on any atom is 0.137 e. The third-order valence-electron chi connectivity index (χ3n) is 3.65. The van der Waals surface area contributed by atoms with Crippen molar-refractivity contribution >= 4 is 11.5 Å². The minimum Gasteiger partial charge on any atom is -0.299 e. The van der Waals surface area contributed by atoms with Crippen LogP contribution in [-0.2, 0) is 17.6 Å². The van der Waals surface area contributed by atoms with E-state index in [2.05, 4.69) is 57.5 Å². The lowest BCUT2D eigenvalue weighted by Gasteiger charge is -2.23. The van der Waals surface area contributed by atoms with E-state index in [9.17, 15) is 4.79 Å². The van der Waals surface area contributed by atoms with Crippen molar-refractivity contribution in [2.45, 2.75) is 19.3 Å². The number of nitrogens with zero attached hydrogens (tertiary/aromatic N) is 1. The van der Waals surface area contributed by atoms with Gasteiger partial charge in [0.2, 0.25) is 0 Å². The van der Waals surface area contributed by atoms with Crippen molar-refractivity contribution in [1.82, 2.24) is 4.48 Å². The van der Waals surface area contributed by atoms with E-state index in [1.165, 1.54) is 11.3 Å². The first-order valence-electron chi connectivity index (χ1n) is 7.42. The maximum absolute atomic E-state index is 12.1. The van der Waals surface area contributed by atoms with Crippen LogP contribution in [0.25, 0.3) is 0 Å². The lowest BCUT2D eigenvalue weighted by Crippen LogP contribution is -2.34. The second-order valence-corrected chi connectivity index (χ2v) is 6.38. The second kappa shape index (κ2) is 6.68. The van der Waals surface area contributed by atoms with Gasteiger partial charge in [-0.25, -0.2) is 0 Å². The van der Waals surface area contributed by atoms with Crippen LogP contribution in [0, 0.1) is 0 Å². The van der Waals surface area contributed by atoms with Crippen LogP contribution in [0.1, 0.15) is 17.5 Å². The molecule has 0 radical (unpaired) electrons. The molecule has 2 heteroatoms. The number of aryl methyl sites for hydroxylation is 1. The molecule has 110 valence electrons. The standard InChI is InChI=1S/C19H24NO/c1-20(2,3)18-12-9-17(10-13-18)15-19(21)14-11-16-7-5-4-6-8-16/h4-10,12-13H,11,14-15H2,1-3H3/q+1. The molecule has 0 saturated heterocycles. The number of hydrogen-bond acceptors (Lipinski definition) is 1. The fourth-order valence-electron chi connectivity index (χ4n) is 2.31. The third kappa shape index (κ3) is 4.83. The van der Waals surface area contributed by atoms with E-state index in [0.717, 1.165) is 16.5 Å². The summed E-state index contributed by atoms with van der Waals surface area (Å²) in [6, 6.07) is 18.5. The molecule has 0 fully saturated rings. The van der Waals surface area contributed by atoms with Gasteiger partial charge in [-0.3, -0.25) is 9.28 Å². The Bertz CT molecular complexity index is 579. The average molecular weight is 282 g/mol. The molecule has 21 heavy (non-hydrogen) atoms. The van der Waals surface area contributed by atoms with Crippen molar-refractivity contribution < 1.29 is 4.79 Å². The van der Waals surface area contributed by atoms with Crippen LogP contribution in [0.3, 0.4) is 0 Å². The van der Waals surface area contributed by atoms with Gasteiger partial charge in [0, 0.05) is 12.8 Å². The Kier molecular flexibility index (Phi) is 4.92. The molecule has 0 aromatic heterocycles. The van der Waals surface area contributed by atoms with Gasteiger partial charge in [-0.05, 0) is 29.7 Å². The van der Waals surface area contributed by atoms with E-state index in [0.29, 0.717) is 18.6 Å². The highest BCUT2D eigenvalue weighted by Crippen LogP contribution is 2.18. The number of rotatable bonds is 6. The first-order valence-corrected chi connectivity index (χ1v) is 7.42. The number of ketones is 1. The smallest absolute Gasteiger partial charge is 0.137 e. The lowest BCUT2D eigenvalue weighted by atomic mass is 10.0. The molecule has 0 aliphatic carbocycles. The highest BCUT2D eigenvalue weighted by Gasteiger charge is 2.12. The monoisotopic (exact) mass is 282 g/mol. The van der Waals surface area contributed by atoms with Gasteiger partial charge in [0.1, 0.15) is 11.5 Å². The highest BCUT2D eigenvalue weighted by molar-refractivity contribution is 5.81. The molecule has 0 saturated carbocycles. The summed E-state index contributed by atoms with van der Waals surface area (Å²) in [7, 11) is 6.42. The number of hydrogen-bond donors (Lipinski definition) is 0. The molecule has 0 aliphatic heterocycles. The van der Waals surface area contributed by atoms with E-state index in [-0.39, 0.29) is 0 Å². The van der Waals surface area contributed by atoms with Crippen molar-refractivity contribution in [1.29, 1.82) is 0 Å². The number of Topliss-reactive ketones (excluding diaryl/α,β-unsaturated/α-hetero) is 1. The summed E-state index contributed by atoms with van der Waals surface area (Å²) >= 11 is 0. The SMILES string of the molecule is C[N+](C)(C)c1ccc(CC(=O)CCc2ccccc2)cc1. The van der Waals surface area contributed by atoms with Crippen LogP contribution in [0.15, 0.2) is 54.6 Å². The molecule has 2 nitrogen and oxygen atoms in total. The molecule has 0 heterocycles. The minimum atomic E-state index is 0.303. The van der Waals surface area contributed by atoms with Crippen molar-refractivity contribution in [3.05, 3.63) is 65.7 Å². The number of benzene rings is 2. The van der Waals surface area contributed by atoms with E-state index in [4.69, 9.17) is 0 Å². The van der Waals surface area contributed by atoms with Gasteiger partial charge in [-0.1, -0.05) is 42.5 Å². The quantitative estimate of drug-likeness (QED) is 0.739. The zero-order valence-corrected chi connectivity index (χ0v) is 13.2. The molecular formula is C19H24NO+. The first-order chi connectivity index (χ1) is 9.95. The lowest BCUT2D eigenvalue weighted by molar-refractivity contribution is -0.118. The van der Waals surface area contributed by atoms with Gasteiger partial charge in [-0.2, -0.15) is 0 Å². The topological polar surface area (TPSA) is 17.1 Å². The molecule has 0 bridgehead atoms. The van der Waals surface area contributed by atoms with Gasteiger partial charge in [-0.15, -0.1) is 0 Å². The van der Waals surface area contributed by atoms with Gasteiger partial charge >= 0.3 is 0 Å². The summed E-state index contributed by atoms with van der Waals surface area (Å²) in [6.45, 7) is 0. The maximum atomic E-state index is 12.1. The molecule has 2 aromatic rings. The Morgan fingerprint density at radius 1 is 0.857 bits per heavy atom. The van der Waals surface area contributed by atoms with Gasteiger partial charge in [0.25, 0.3) is 0 Å². The van der Waals surface area contributed by atoms with Crippen LogP contribution in [-0.4, -0.2) is 26.9 Å². The molecular weight excluding hydrogens is 258 g/mol. The molecule has 0 amide bonds. The normalized spacial score (nSPS) is 11.4. The molecule has 0 unspecified atom stereocenters. The van der Waals surface area contributed by atoms with Crippen molar-refractivity contribution in [3.63, 3.8) is 0 Å². The predicted octanol–water partition coefficient (Wildman–Crippen LogP) is 3.63. The average Bonchev–Trinajstić information content (AvgIpc) is 2.46. The van der Waals surface area contributed by atoms with E-state index in [1.54, 1.807) is 0 Å². The molecule has 0 atom stereocenters. The summed E-state index contributed by atoms with van der Waals surface area (Å²) in [4.78, 5) is 12.1. The zero-order chi connectivity index (χ0) is 15.3. The first kappa shape index (κ1) is 15.5. The summed E-state index contributed by atoms with van der Waals surface area (Å²) in [5, 5.41) is 0. The third-order valence-corrected chi connectivity index (χ3v) is 3.65. The Balaban J connectivity index is 1.88. The van der Waals surface area contributed by atoms with E-state index < -0.39 is 0 Å². The summed E-state index contributed by atoms with van der Waals surface area (Å²) in [5.41, 5.74) is 3.58. The van der Waals surface area contributed by atoms with Gasteiger partial charge in [0.15, 0.2) is 0 Å². The molecule has 0 aliphatic rings. The van der Waals surface area contributed by atoms with E-state index >= 15 is 0 Å².